The molecule has 1 heterocycles. The third kappa shape index (κ3) is 2.81. The van der Waals surface area contributed by atoms with Gasteiger partial charge in [-0.25, -0.2) is 0 Å². The van der Waals surface area contributed by atoms with Crippen molar-refractivity contribution in [3.63, 3.8) is 0 Å². The summed E-state index contributed by atoms with van der Waals surface area (Å²) in [7, 11) is 1.72. The average Bonchev–Trinajstić information content (AvgIpc) is 2.93. The first-order valence-corrected chi connectivity index (χ1v) is 7.91. The largest absolute Gasteiger partial charge is 0.393 e. The minimum absolute atomic E-state index is 0.00174. The van der Waals surface area contributed by atoms with Gasteiger partial charge >= 0.3 is 0 Å². The molecule has 0 bridgehead atoms. The van der Waals surface area contributed by atoms with Crippen molar-refractivity contribution in [1.82, 2.24) is 4.90 Å². The first kappa shape index (κ1) is 15.3. The molecule has 3 atom stereocenters. The summed E-state index contributed by atoms with van der Waals surface area (Å²) in [6.07, 6.45) is 6.18. The van der Waals surface area contributed by atoms with E-state index in [1.54, 1.807) is 13.2 Å². The molecule has 1 amide bonds. The van der Waals surface area contributed by atoms with Gasteiger partial charge in [0, 0.05) is 19.7 Å². The summed E-state index contributed by atoms with van der Waals surface area (Å²) < 4.78 is 5.77. The standard InChI is InChI=1S/C18H23NO3/c1-22-18-10-9-15(20)13-16(18)19(12-11-18)17(21)8-7-14-5-3-2-4-6-14/h2-8,15-16,20H,9-13H2,1H3/t15-,16+,18-/m1/s1. The van der Waals surface area contributed by atoms with Crippen LogP contribution < -0.4 is 0 Å². The van der Waals surface area contributed by atoms with Crippen LogP contribution in [0.2, 0.25) is 0 Å². The number of aliphatic hydroxyl groups is 1. The van der Waals surface area contributed by atoms with Crippen molar-refractivity contribution in [2.75, 3.05) is 13.7 Å². The topological polar surface area (TPSA) is 49.8 Å². The fraction of sp³-hybridized carbons (Fsp3) is 0.500. The number of aliphatic hydroxyl groups excluding tert-OH is 1. The van der Waals surface area contributed by atoms with E-state index in [-0.39, 0.29) is 23.7 Å². The first-order valence-electron chi connectivity index (χ1n) is 7.91. The van der Waals surface area contributed by atoms with Gasteiger partial charge in [0.1, 0.15) is 0 Å². The molecule has 1 aromatic rings. The van der Waals surface area contributed by atoms with Crippen molar-refractivity contribution in [1.29, 1.82) is 0 Å². The SMILES string of the molecule is CO[C@@]12CC[C@@H](O)C[C@@H]1N(C(=O)C=Cc1ccccc1)CC2. The first-order chi connectivity index (χ1) is 10.6. The average molecular weight is 301 g/mol. The number of likely N-dealkylation sites (tertiary alicyclic amines) is 1. The number of nitrogens with zero attached hydrogens (tertiary/aromatic N) is 1. The van der Waals surface area contributed by atoms with Crippen molar-refractivity contribution in [2.45, 2.75) is 43.4 Å². The smallest absolute Gasteiger partial charge is 0.246 e. The molecule has 22 heavy (non-hydrogen) atoms. The van der Waals surface area contributed by atoms with Gasteiger partial charge < -0.3 is 14.7 Å². The molecule has 2 fully saturated rings. The molecule has 0 unspecified atom stereocenters. The molecule has 1 aliphatic heterocycles. The number of benzene rings is 1. The lowest BCUT2D eigenvalue weighted by molar-refractivity contribution is -0.134. The molecule has 1 saturated carbocycles. The van der Waals surface area contributed by atoms with E-state index >= 15 is 0 Å². The van der Waals surface area contributed by atoms with E-state index in [0.717, 1.165) is 24.8 Å². The van der Waals surface area contributed by atoms with Crippen LogP contribution in [0.3, 0.4) is 0 Å². The van der Waals surface area contributed by atoms with Crippen LogP contribution in [0.15, 0.2) is 36.4 Å². The quantitative estimate of drug-likeness (QED) is 0.871. The van der Waals surface area contributed by atoms with E-state index in [4.69, 9.17) is 4.74 Å². The monoisotopic (exact) mass is 301 g/mol. The minimum Gasteiger partial charge on any atom is -0.393 e. The Labute approximate surface area is 131 Å². The molecule has 4 heteroatoms. The van der Waals surface area contributed by atoms with Crippen LogP contribution >= 0.6 is 0 Å². The Hall–Kier alpha value is -1.65. The second-order valence-electron chi connectivity index (χ2n) is 6.24. The van der Waals surface area contributed by atoms with Crippen molar-refractivity contribution in [2.24, 2.45) is 0 Å². The van der Waals surface area contributed by atoms with Crippen LogP contribution in [0.5, 0.6) is 0 Å². The Morgan fingerprint density at radius 2 is 2.14 bits per heavy atom. The Bertz CT molecular complexity index is 557. The fourth-order valence-corrected chi connectivity index (χ4v) is 3.77. The molecule has 118 valence electrons. The minimum atomic E-state index is -0.334. The number of amides is 1. The third-order valence-corrected chi connectivity index (χ3v) is 5.06. The van der Waals surface area contributed by atoms with Crippen molar-refractivity contribution >= 4 is 12.0 Å². The van der Waals surface area contributed by atoms with Crippen LogP contribution in [-0.4, -0.2) is 47.3 Å². The molecule has 1 N–H and O–H groups in total. The lowest BCUT2D eigenvalue weighted by Gasteiger charge is -2.42. The van der Waals surface area contributed by atoms with Gasteiger partial charge in [-0.1, -0.05) is 30.3 Å². The highest BCUT2D eigenvalue weighted by Crippen LogP contribution is 2.42. The summed E-state index contributed by atoms with van der Waals surface area (Å²) in [5, 5.41) is 9.96. The van der Waals surface area contributed by atoms with Gasteiger partial charge in [-0.3, -0.25) is 4.79 Å². The maximum absolute atomic E-state index is 12.5. The summed E-state index contributed by atoms with van der Waals surface area (Å²) in [4.78, 5) is 14.4. The van der Waals surface area contributed by atoms with E-state index in [0.29, 0.717) is 13.0 Å². The van der Waals surface area contributed by atoms with Gasteiger partial charge in [0.25, 0.3) is 0 Å². The van der Waals surface area contributed by atoms with E-state index in [1.165, 1.54) is 0 Å². The second kappa shape index (κ2) is 6.23. The van der Waals surface area contributed by atoms with E-state index in [1.807, 2.05) is 41.3 Å². The number of ether oxygens (including phenoxy) is 1. The summed E-state index contributed by atoms with van der Waals surface area (Å²) in [5.74, 6) is 0.00174. The van der Waals surface area contributed by atoms with Gasteiger partial charge in [0.2, 0.25) is 5.91 Å². The highest BCUT2D eigenvalue weighted by atomic mass is 16.5. The molecule has 3 rings (SSSR count). The van der Waals surface area contributed by atoms with Crippen molar-refractivity contribution in [3.05, 3.63) is 42.0 Å². The molecule has 1 saturated heterocycles. The number of hydrogen-bond donors (Lipinski definition) is 1. The zero-order valence-electron chi connectivity index (χ0n) is 12.9. The van der Waals surface area contributed by atoms with Gasteiger partial charge in [0.05, 0.1) is 17.7 Å². The molecular formula is C18H23NO3. The third-order valence-electron chi connectivity index (χ3n) is 5.06. The van der Waals surface area contributed by atoms with Gasteiger partial charge in [-0.05, 0) is 37.3 Å². The number of carbonyl (C=O) groups excluding carboxylic acids is 1. The van der Waals surface area contributed by atoms with Gasteiger partial charge in [-0.2, -0.15) is 0 Å². The summed E-state index contributed by atoms with van der Waals surface area (Å²) >= 11 is 0. The Morgan fingerprint density at radius 1 is 1.36 bits per heavy atom. The molecule has 0 spiro atoms. The second-order valence-corrected chi connectivity index (χ2v) is 6.24. The van der Waals surface area contributed by atoms with Crippen LogP contribution in [0.1, 0.15) is 31.2 Å². The van der Waals surface area contributed by atoms with E-state index in [9.17, 15) is 9.90 Å². The number of methoxy groups -OCH3 is 1. The number of fused-ring (bicyclic) bond motifs is 1. The Balaban J connectivity index is 1.74. The predicted molar refractivity (Wildman–Crippen MR) is 85.2 cm³/mol. The predicted octanol–water partition coefficient (Wildman–Crippen LogP) is 2.23. The van der Waals surface area contributed by atoms with Crippen molar-refractivity contribution < 1.29 is 14.6 Å². The molecule has 4 nitrogen and oxygen atoms in total. The number of hydrogen-bond acceptors (Lipinski definition) is 3. The van der Waals surface area contributed by atoms with Crippen LogP contribution in [-0.2, 0) is 9.53 Å². The summed E-state index contributed by atoms with van der Waals surface area (Å²) in [6.45, 7) is 0.698. The highest BCUT2D eigenvalue weighted by molar-refractivity contribution is 5.92. The van der Waals surface area contributed by atoms with Crippen LogP contribution in [0, 0.1) is 0 Å². The summed E-state index contributed by atoms with van der Waals surface area (Å²) in [6, 6.07) is 9.78. The van der Waals surface area contributed by atoms with Gasteiger partial charge in [-0.15, -0.1) is 0 Å². The Morgan fingerprint density at radius 3 is 2.86 bits per heavy atom. The zero-order valence-corrected chi connectivity index (χ0v) is 12.9. The van der Waals surface area contributed by atoms with E-state index < -0.39 is 0 Å². The maximum atomic E-state index is 12.5. The lowest BCUT2D eigenvalue weighted by atomic mass is 9.79. The molecule has 0 aromatic heterocycles. The fourth-order valence-electron chi connectivity index (χ4n) is 3.77. The highest BCUT2D eigenvalue weighted by Gasteiger charge is 2.51. The maximum Gasteiger partial charge on any atom is 0.246 e. The molecular weight excluding hydrogens is 278 g/mol. The Kier molecular flexibility index (Phi) is 4.32. The van der Waals surface area contributed by atoms with Crippen LogP contribution in [0.4, 0.5) is 0 Å². The number of rotatable bonds is 3. The molecule has 1 aromatic carbocycles. The lowest BCUT2D eigenvalue weighted by Crippen LogP contribution is -2.52. The summed E-state index contributed by atoms with van der Waals surface area (Å²) in [5.41, 5.74) is 0.742. The van der Waals surface area contributed by atoms with Crippen LogP contribution in [0.25, 0.3) is 6.08 Å². The van der Waals surface area contributed by atoms with E-state index in [2.05, 4.69) is 0 Å². The molecule has 1 aliphatic carbocycles. The molecule has 2 aliphatic rings. The van der Waals surface area contributed by atoms with Crippen molar-refractivity contribution in [3.8, 4) is 0 Å². The van der Waals surface area contributed by atoms with Gasteiger partial charge in [0.15, 0.2) is 0 Å². The molecule has 0 radical (unpaired) electrons. The zero-order chi connectivity index (χ0) is 15.6. The number of carbonyl (C=O) groups is 1. The normalized spacial score (nSPS) is 31.5.